The van der Waals surface area contributed by atoms with Crippen LogP contribution in [0.25, 0.3) is 0 Å². The average molecular weight is 227 g/mol. The second kappa shape index (κ2) is 5.47. The van der Waals surface area contributed by atoms with Gasteiger partial charge in [0, 0.05) is 18.4 Å². The van der Waals surface area contributed by atoms with Gasteiger partial charge < -0.3 is 5.73 Å². The number of rotatable bonds is 4. The first kappa shape index (κ1) is 12.5. The number of aromatic nitrogens is 1. The van der Waals surface area contributed by atoms with Gasteiger partial charge in [0.05, 0.1) is 5.02 Å². The summed E-state index contributed by atoms with van der Waals surface area (Å²) in [5.74, 6) is 1.03. The molecule has 0 radical (unpaired) electrons. The molecule has 2 unspecified atom stereocenters. The molecule has 2 nitrogen and oxygen atoms in total. The summed E-state index contributed by atoms with van der Waals surface area (Å²) < 4.78 is 0. The Labute approximate surface area is 96.8 Å². The molecule has 0 aliphatic carbocycles. The molecule has 84 valence electrons. The van der Waals surface area contributed by atoms with Gasteiger partial charge in [0.2, 0.25) is 0 Å². The van der Waals surface area contributed by atoms with Gasteiger partial charge in [0.1, 0.15) is 0 Å². The minimum absolute atomic E-state index is 0.189. The van der Waals surface area contributed by atoms with Crippen molar-refractivity contribution in [3.05, 3.63) is 29.0 Å². The molecule has 0 amide bonds. The molecular formula is C12H19ClN2. The van der Waals surface area contributed by atoms with Gasteiger partial charge in [-0.3, -0.25) is 4.98 Å². The van der Waals surface area contributed by atoms with Gasteiger partial charge in [-0.15, -0.1) is 0 Å². The molecule has 2 atom stereocenters. The predicted molar refractivity (Wildman–Crippen MR) is 64.9 cm³/mol. The van der Waals surface area contributed by atoms with Crippen molar-refractivity contribution in [1.29, 1.82) is 0 Å². The van der Waals surface area contributed by atoms with Crippen molar-refractivity contribution in [1.82, 2.24) is 4.98 Å². The number of hydrogen-bond donors (Lipinski definition) is 1. The van der Waals surface area contributed by atoms with E-state index in [1.165, 1.54) is 0 Å². The van der Waals surface area contributed by atoms with Crippen molar-refractivity contribution in [3.8, 4) is 0 Å². The van der Waals surface area contributed by atoms with E-state index < -0.39 is 0 Å². The maximum Gasteiger partial charge on any atom is 0.0621 e. The van der Waals surface area contributed by atoms with Crippen LogP contribution in [-0.2, 0) is 6.42 Å². The summed E-state index contributed by atoms with van der Waals surface area (Å²) in [6.45, 7) is 6.45. The quantitative estimate of drug-likeness (QED) is 0.858. The zero-order valence-corrected chi connectivity index (χ0v) is 10.3. The number of pyridine rings is 1. The van der Waals surface area contributed by atoms with Crippen LogP contribution in [0.2, 0.25) is 5.02 Å². The summed E-state index contributed by atoms with van der Waals surface area (Å²) in [5.41, 5.74) is 7.12. The molecule has 1 aromatic heterocycles. The second-order valence-electron chi connectivity index (χ2n) is 4.44. The van der Waals surface area contributed by atoms with Crippen LogP contribution in [0.1, 0.15) is 26.3 Å². The van der Waals surface area contributed by atoms with Gasteiger partial charge in [0.25, 0.3) is 0 Å². The molecule has 0 aliphatic rings. The fraction of sp³-hybridized carbons (Fsp3) is 0.583. The number of hydrogen-bond acceptors (Lipinski definition) is 2. The SMILES string of the molecule is CC(C)C(Cc1ccncc1Cl)C(C)N. The molecule has 0 bridgehead atoms. The van der Waals surface area contributed by atoms with Crippen LogP contribution in [0, 0.1) is 11.8 Å². The van der Waals surface area contributed by atoms with Crippen molar-refractivity contribution in [2.24, 2.45) is 17.6 Å². The Hall–Kier alpha value is -0.600. The molecule has 15 heavy (non-hydrogen) atoms. The third kappa shape index (κ3) is 3.47. The molecule has 0 aliphatic heterocycles. The lowest BCUT2D eigenvalue weighted by Gasteiger charge is -2.25. The Morgan fingerprint density at radius 1 is 1.40 bits per heavy atom. The molecule has 0 aromatic carbocycles. The normalized spacial score (nSPS) is 15.3. The van der Waals surface area contributed by atoms with Gasteiger partial charge in [-0.1, -0.05) is 25.4 Å². The van der Waals surface area contributed by atoms with Gasteiger partial charge in [0.15, 0.2) is 0 Å². The van der Waals surface area contributed by atoms with Crippen molar-refractivity contribution in [3.63, 3.8) is 0 Å². The highest BCUT2D eigenvalue weighted by molar-refractivity contribution is 6.31. The topological polar surface area (TPSA) is 38.9 Å². The molecule has 1 aromatic rings. The molecule has 1 rings (SSSR count). The van der Waals surface area contributed by atoms with Crippen LogP contribution in [0.4, 0.5) is 0 Å². The zero-order chi connectivity index (χ0) is 11.4. The van der Waals surface area contributed by atoms with Crippen LogP contribution in [0.5, 0.6) is 0 Å². The highest BCUT2D eigenvalue weighted by Gasteiger charge is 2.19. The Morgan fingerprint density at radius 2 is 2.07 bits per heavy atom. The van der Waals surface area contributed by atoms with Crippen LogP contribution in [0.3, 0.4) is 0 Å². The van der Waals surface area contributed by atoms with Crippen LogP contribution >= 0.6 is 11.6 Å². The third-order valence-electron chi connectivity index (χ3n) is 2.84. The third-order valence-corrected chi connectivity index (χ3v) is 3.18. The second-order valence-corrected chi connectivity index (χ2v) is 4.85. The van der Waals surface area contributed by atoms with Crippen LogP contribution in [-0.4, -0.2) is 11.0 Å². The van der Waals surface area contributed by atoms with E-state index in [-0.39, 0.29) is 6.04 Å². The van der Waals surface area contributed by atoms with Gasteiger partial charge in [-0.2, -0.15) is 0 Å². The van der Waals surface area contributed by atoms with E-state index in [4.69, 9.17) is 17.3 Å². The molecule has 0 saturated carbocycles. The number of nitrogens with two attached hydrogens (primary N) is 1. The maximum absolute atomic E-state index is 6.07. The summed E-state index contributed by atoms with van der Waals surface area (Å²) in [7, 11) is 0. The number of nitrogens with zero attached hydrogens (tertiary/aromatic N) is 1. The van der Waals surface area contributed by atoms with Gasteiger partial charge in [-0.05, 0) is 36.8 Å². The van der Waals surface area contributed by atoms with Crippen molar-refractivity contribution < 1.29 is 0 Å². The minimum atomic E-state index is 0.189. The van der Waals surface area contributed by atoms with Crippen LogP contribution < -0.4 is 5.73 Å². The van der Waals surface area contributed by atoms with Gasteiger partial charge >= 0.3 is 0 Å². The monoisotopic (exact) mass is 226 g/mol. The molecule has 3 heteroatoms. The highest BCUT2D eigenvalue weighted by atomic mass is 35.5. The fourth-order valence-corrected chi connectivity index (χ4v) is 2.05. The molecule has 0 fully saturated rings. The van der Waals surface area contributed by atoms with E-state index in [2.05, 4.69) is 25.8 Å². The lowest BCUT2D eigenvalue weighted by molar-refractivity contribution is 0.330. The summed E-state index contributed by atoms with van der Waals surface area (Å²) in [6, 6.07) is 2.16. The lowest BCUT2D eigenvalue weighted by Crippen LogP contribution is -2.32. The molecule has 2 N–H and O–H groups in total. The van der Waals surface area contributed by atoms with Crippen LogP contribution in [0.15, 0.2) is 18.5 Å². The summed E-state index contributed by atoms with van der Waals surface area (Å²) in [6.07, 6.45) is 4.39. The average Bonchev–Trinajstić information content (AvgIpc) is 2.15. The van der Waals surface area contributed by atoms with E-state index >= 15 is 0 Å². The molecular weight excluding hydrogens is 208 g/mol. The Morgan fingerprint density at radius 3 is 2.53 bits per heavy atom. The Bertz CT molecular complexity index is 302. The first-order valence-corrected chi connectivity index (χ1v) is 5.74. The fourth-order valence-electron chi connectivity index (χ4n) is 1.85. The maximum atomic E-state index is 6.07. The smallest absolute Gasteiger partial charge is 0.0621 e. The minimum Gasteiger partial charge on any atom is -0.328 e. The lowest BCUT2D eigenvalue weighted by atomic mass is 9.84. The van der Waals surface area contributed by atoms with Crippen molar-refractivity contribution in [2.75, 3.05) is 0 Å². The summed E-state index contributed by atoms with van der Waals surface area (Å²) in [4.78, 5) is 3.98. The summed E-state index contributed by atoms with van der Waals surface area (Å²) in [5, 5.41) is 0.740. The Balaban J connectivity index is 2.79. The molecule has 0 saturated heterocycles. The largest absolute Gasteiger partial charge is 0.328 e. The summed E-state index contributed by atoms with van der Waals surface area (Å²) >= 11 is 6.07. The Kier molecular flexibility index (Phi) is 4.55. The van der Waals surface area contributed by atoms with Gasteiger partial charge in [-0.25, -0.2) is 0 Å². The predicted octanol–water partition coefficient (Wildman–Crippen LogP) is 2.90. The molecule has 0 spiro atoms. The van der Waals surface area contributed by atoms with E-state index in [0.717, 1.165) is 17.0 Å². The van der Waals surface area contributed by atoms with E-state index in [1.807, 2.05) is 6.07 Å². The molecule has 1 heterocycles. The van der Waals surface area contributed by atoms with Crippen molar-refractivity contribution in [2.45, 2.75) is 33.2 Å². The first-order valence-electron chi connectivity index (χ1n) is 5.36. The first-order chi connectivity index (χ1) is 7.02. The highest BCUT2D eigenvalue weighted by Crippen LogP contribution is 2.23. The zero-order valence-electron chi connectivity index (χ0n) is 9.57. The van der Waals surface area contributed by atoms with E-state index in [0.29, 0.717) is 11.8 Å². The number of halogens is 1. The van der Waals surface area contributed by atoms with E-state index in [9.17, 15) is 0 Å². The van der Waals surface area contributed by atoms with Crippen molar-refractivity contribution >= 4 is 11.6 Å². The standard InChI is InChI=1S/C12H19ClN2/c1-8(2)11(9(3)14)6-10-4-5-15-7-12(10)13/h4-5,7-9,11H,6,14H2,1-3H3. The van der Waals surface area contributed by atoms with E-state index in [1.54, 1.807) is 12.4 Å².